The van der Waals surface area contributed by atoms with Gasteiger partial charge in [-0.15, -0.1) is 0 Å². The zero-order chi connectivity index (χ0) is 19.2. The molecule has 9 heteroatoms. The first kappa shape index (κ1) is 16.8. The highest BCUT2D eigenvalue weighted by molar-refractivity contribution is 6.08. The molecule has 0 spiro atoms. The SMILES string of the molecule is O=C(Nc1cccc(C(F)(F)F)c1)c1cnn2c1[nH]c(=O)c1ccccc12. The molecule has 2 N–H and O–H groups in total. The van der Waals surface area contributed by atoms with E-state index < -0.39 is 23.2 Å². The van der Waals surface area contributed by atoms with E-state index in [0.717, 1.165) is 12.1 Å². The van der Waals surface area contributed by atoms with Gasteiger partial charge in [0, 0.05) is 5.69 Å². The Hall–Kier alpha value is -3.62. The molecule has 0 fully saturated rings. The molecule has 0 saturated carbocycles. The van der Waals surface area contributed by atoms with Gasteiger partial charge in [0.15, 0.2) is 0 Å². The molecule has 0 aliphatic heterocycles. The molecule has 0 atom stereocenters. The van der Waals surface area contributed by atoms with Crippen LogP contribution in [0.3, 0.4) is 0 Å². The van der Waals surface area contributed by atoms with E-state index in [4.69, 9.17) is 0 Å². The number of amides is 1. The highest BCUT2D eigenvalue weighted by atomic mass is 19.4. The second-order valence-corrected chi connectivity index (χ2v) is 5.82. The molecule has 4 aromatic rings. The van der Waals surface area contributed by atoms with Gasteiger partial charge in [0.05, 0.1) is 22.7 Å². The van der Waals surface area contributed by atoms with Gasteiger partial charge in [0.25, 0.3) is 11.5 Å². The van der Waals surface area contributed by atoms with Gasteiger partial charge in [-0.1, -0.05) is 18.2 Å². The number of alkyl halides is 3. The molecule has 2 aromatic heterocycles. The fraction of sp³-hybridized carbons (Fsp3) is 0.0556. The summed E-state index contributed by atoms with van der Waals surface area (Å²) in [5, 5.41) is 6.92. The number of rotatable bonds is 2. The Morgan fingerprint density at radius 1 is 1.11 bits per heavy atom. The van der Waals surface area contributed by atoms with Gasteiger partial charge in [-0.2, -0.15) is 18.3 Å². The zero-order valence-corrected chi connectivity index (χ0v) is 13.5. The van der Waals surface area contributed by atoms with E-state index in [9.17, 15) is 22.8 Å². The van der Waals surface area contributed by atoms with Crippen LogP contribution in [-0.4, -0.2) is 20.5 Å². The maximum atomic E-state index is 12.8. The maximum Gasteiger partial charge on any atom is 0.416 e. The summed E-state index contributed by atoms with van der Waals surface area (Å²) in [5.41, 5.74) is -0.587. The van der Waals surface area contributed by atoms with E-state index in [0.29, 0.717) is 10.9 Å². The largest absolute Gasteiger partial charge is 0.416 e. The van der Waals surface area contributed by atoms with E-state index in [2.05, 4.69) is 15.4 Å². The number of anilines is 1. The quantitative estimate of drug-likeness (QED) is 0.566. The van der Waals surface area contributed by atoms with Crippen molar-refractivity contribution in [1.29, 1.82) is 0 Å². The van der Waals surface area contributed by atoms with Gasteiger partial charge in [0.2, 0.25) is 0 Å². The average molecular weight is 372 g/mol. The Morgan fingerprint density at radius 3 is 2.67 bits per heavy atom. The number of hydrogen-bond acceptors (Lipinski definition) is 3. The van der Waals surface area contributed by atoms with Crippen LogP contribution < -0.4 is 10.9 Å². The van der Waals surface area contributed by atoms with E-state index in [-0.39, 0.29) is 16.9 Å². The summed E-state index contributed by atoms with van der Waals surface area (Å²) in [4.78, 5) is 27.3. The van der Waals surface area contributed by atoms with Crippen molar-refractivity contribution in [3.8, 4) is 0 Å². The van der Waals surface area contributed by atoms with E-state index in [1.54, 1.807) is 24.3 Å². The Labute approximate surface area is 149 Å². The lowest BCUT2D eigenvalue weighted by molar-refractivity contribution is -0.137. The van der Waals surface area contributed by atoms with Crippen LogP contribution in [0.2, 0.25) is 0 Å². The second kappa shape index (κ2) is 5.97. The number of para-hydroxylation sites is 1. The van der Waals surface area contributed by atoms with Crippen molar-refractivity contribution >= 4 is 28.1 Å². The number of H-pyrrole nitrogens is 1. The first-order chi connectivity index (χ1) is 12.8. The topological polar surface area (TPSA) is 79.3 Å². The summed E-state index contributed by atoms with van der Waals surface area (Å²) in [6.45, 7) is 0. The lowest BCUT2D eigenvalue weighted by atomic mass is 10.2. The minimum atomic E-state index is -4.52. The number of aromatic nitrogens is 3. The summed E-state index contributed by atoms with van der Waals surface area (Å²) in [5.74, 6) is -0.685. The molecule has 0 radical (unpaired) electrons. The average Bonchev–Trinajstić information content (AvgIpc) is 3.05. The van der Waals surface area contributed by atoms with Crippen LogP contribution in [0.4, 0.5) is 18.9 Å². The van der Waals surface area contributed by atoms with Crippen LogP contribution in [0, 0.1) is 0 Å². The normalized spacial score (nSPS) is 11.8. The molecule has 1 amide bonds. The molecule has 27 heavy (non-hydrogen) atoms. The Bertz CT molecular complexity index is 1240. The van der Waals surface area contributed by atoms with Crippen LogP contribution in [0.15, 0.2) is 59.5 Å². The first-order valence-electron chi connectivity index (χ1n) is 7.82. The Morgan fingerprint density at radius 2 is 1.89 bits per heavy atom. The minimum Gasteiger partial charge on any atom is -0.322 e. The van der Waals surface area contributed by atoms with Gasteiger partial charge in [0.1, 0.15) is 11.2 Å². The molecule has 4 rings (SSSR count). The monoisotopic (exact) mass is 372 g/mol. The molecule has 136 valence electrons. The zero-order valence-electron chi connectivity index (χ0n) is 13.5. The molecule has 0 unspecified atom stereocenters. The predicted octanol–water partition coefficient (Wildman–Crippen LogP) is 3.45. The van der Waals surface area contributed by atoms with Gasteiger partial charge in [-0.05, 0) is 30.3 Å². The van der Waals surface area contributed by atoms with E-state index >= 15 is 0 Å². The molecule has 0 aliphatic carbocycles. The summed E-state index contributed by atoms with van der Waals surface area (Å²) < 4.78 is 39.8. The van der Waals surface area contributed by atoms with Gasteiger partial charge < -0.3 is 10.3 Å². The minimum absolute atomic E-state index is 0.0164. The van der Waals surface area contributed by atoms with Crippen molar-refractivity contribution in [2.24, 2.45) is 0 Å². The van der Waals surface area contributed by atoms with Crippen molar-refractivity contribution < 1.29 is 18.0 Å². The number of hydrogen-bond donors (Lipinski definition) is 2. The molecule has 6 nitrogen and oxygen atoms in total. The van der Waals surface area contributed by atoms with Crippen molar-refractivity contribution in [3.05, 3.63) is 76.2 Å². The number of benzene rings is 2. The Balaban J connectivity index is 1.75. The summed E-state index contributed by atoms with van der Waals surface area (Å²) >= 11 is 0. The highest BCUT2D eigenvalue weighted by Crippen LogP contribution is 2.30. The fourth-order valence-electron chi connectivity index (χ4n) is 2.81. The molecule has 2 heterocycles. The lowest BCUT2D eigenvalue weighted by Crippen LogP contribution is -2.15. The van der Waals surface area contributed by atoms with Crippen molar-refractivity contribution in [2.45, 2.75) is 6.18 Å². The van der Waals surface area contributed by atoms with Crippen molar-refractivity contribution in [2.75, 3.05) is 5.32 Å². The summed E-state index contributed by atoms with van der Waals surface area (Å²) in [7, 11) is 0. The molecular formula is C18H11F3N4O2. The van der Waals surface area contributed by atoms with Crippen LogP contribution >= 0.6 is 0 Å². The first-order valence-corrected chi connectivity index (χ1v) is 7.82. The summed E-state index contributed by atoms with van der Waals surface area (Å²) in [6.07, 6.45) is -3.27. The van der Waals surface area contributed by atoms with Gasteiger partial charge in [-0.3, -0.25) is 9.59 Å². The number of nitrogens with zero attached hydrogens (tertiary/aromatic N) is 2. The molecule has 0 aliphatic rings. The third-order valence-electron chi connectivity index (χ3n) is 4.07. The third kappa shape index (κ3) is 2.92. The fourth-order valence-corrected chi connectivity index (χ4v) is 2.81. The Kier molecular flexibility index (Phi) is 3.72. The number of fused-ring (bicyclic) bond motifs is 3. The second-order valence-electron chi connectivity index (χ2n) is 5.82. The molecule has 2 aromatic carbocycles. The molecule has 0 saturated heterocycles. The predicted molar refractivity (Wildman–Crippen MR) is 92.7 cm³/mol. The summed E-state index contributed by atoms with van der Waals surface area (Å²) in [6, 6.07) is 11.0. The smallest absolute Gasteiger partial charge is 0.322 e. The molecular weight excluding hydrogens is 361 g/mol. The molecule has 0 bridgehead atoms. The van der Waals surface area contributed by atoms with Crippen LogP contribution in [-0.2, 0) is 6.18 Å². The van der Waals surface area contributed by atoms with Crippen LogP contribution in [0.5, 0.6) is 0 Å². The number of halogens is 3. The van der Waals surface area contributed by atoms with E-state index in [1.807, 2.05) is 0 Å². The number of nitrogens with one attached hydrogen (secondary N) is 2. The number of carbonyl (C=O) groups excluding carboxylic acids is 1. The van der Waals surface area contributed by atoms with Crippen molar-refractivity contribution in [1.82, 2.24) is 14.6 Å². The number of aromatic amines is 1. The number of carbonyl (C=O) groups is 1. The van der Waals surface area contributed by atoms with Crippen LogP contribution in [0.25, 0.3) is 16.6 Å². The van der Waals surface area contributed by atoms with Crippen molar-refractivity contribution in [3.63, 3.8) is 0 Å². The highest BCUT2D eigenvalue weighted by Gasteiger charge is 2.30. The van der Waals surface area contributed by atoms with E-state index in [1.165, 1.54) is 22.8 Å². The van der Waals surface area contributed by atoms with Crippen LogP contribution in [0.1, 0.15) is 15.9 Å². The standard InChI is InChI=1S/C18H11F3N4O2/c19-18(20,21)10-4-3-5-11(8-10)23-17(27)13-9-22-25-14-7-2-1-6-12(14)16(26)24-15(13)25/h1-9H,(H,23,27)(H,24,26). The lowest BCUT2D eigenvalue weighted by Gasteiger charge is -2.09. The maximum absolute atomic E-state index is 12.8. The third-order valence-corrected chi connectivity index (χ3v) is 4.07. The van der Waals surface area contributed by atoms with Gasteiger partial charge >= 0.3 is 6.18 Å². The van der Waals surface area contributed by atoms with Gasteiger partial charge in [-0.25, -0.2) is 4.52 Å².